The Kier molecular flexibility index (Phi) is 4.83. The van der Waals surface area contributed by atoms with E-state index in [2.05, 4.69) is 20.2 Å². The van der Waals surface area contributed by atoms with Crippen LogP contribution in [0.3, 0.4) is 0 Å². The fourth-order valence-corrected chi connectivity index (χ4v) is 3.09. The number of hydrogen-bond acceptors (Lipinski definition) is 5. The number of hydrogen-bond donors (Lipinski definition) is 1. The van der Waals surface area contributed by atoms with Crippen molar-refractivity contribution in [3.8, 4) is 0 Å². The van der Waals surface area contributed by atoms with Gasteiger partial charge >= 0.3 is 0 Å². The summed E-state index contributed by atoms with van der Waals surface area (Å²) in [4.78, 5) is 23.7. The van der Waals surface area contributed by atoms with Crippen LogP contribution >= 0.6 is 0 Å². The first kappa shape index (κ1) is 16.5. The predicted octanol–water partition coefficient (Wildman–Crippen LogP) is 2.92. The van der Waals surface area contributed by atoms with Crippen LogP contribution in [0, 0.1) is 20.8 Å². The first-order valence-electron chi connectivity index (χ1n) is 8.47. The third-order valence-electron chi connectivity index (χ3n) is 4.26. The maximum atomic E-state index is 12.3. The van der Waals surface area contributed by atoms with Gasteiger partial charge in [-0.05, 0) is 46.1 Å². The molecular formula is C18H24N4O2. The second-order valence-electron chi connectivity index (χ2n) is 6.34. The molecule has 1 fully saturated rings. The van der Waals surface area contributed by atoms with Gasteiger partial charge < -0.3 is 14.6 Å². The van der Waals surface area contributed by atoms with E-state index in [0.717, 1.165) is 30.4 Å². The van der Waals surface area contributed by atoms with E-state index in [1.165, 1.54) is 19.3 Å². The van der Waals surface area contributed by atoms with Crippen molar-refractivity contribution in [3.63, 3.8) is 0 Å². The second-order valence-corrected chi connectivity index (χ2v) is 6.34. The van der Waals surface area contributed by atoms with Crippen molar-refractivity contribution in [1.29, 1.82) is 0 Å². The summed E-state index contributed by atoms with van der Waals surface area (Å²) in [6.45, 7) is 7.97. The second kappa shape index (κ2) is 7.03. The molecular weight excluding hydrogens is 304 g/mol. The van der Waals surface area contributed by atoms with Crippen LogP contribution in [0.4, 0.5) is 5.82 Å². The van der Waals surface area contributed by atoms with E-state index in [9.17, 15) is 4.79 Å². The van der Waals surface area contributed by atoms with E-state index < -0.39 is 0 Å². The lowest BCUT2D eigenvalue weighted by atomic mass is 10.1. The molecule has 3 heterocycles. The van der Waals surface area contributed by atoms with Gasteiger partial charge in [0.2, 0.25) is 0 Å². The van der Waals surface area contributed by atoms with E-state index in [-0.39, 0.29) is 5.91 Å². The average molecular weight is 328 g/mol. The molecule has 0 aliphatic carbocycles. The first-order valence-corrected chi connectivity index (χ1v) is 8.47. The number of carbonyl (C=O) groups excluding carboxylic acids is 1. The molecule has 1 N–H and O–H groups in total. The van der Waals surface area contributed by atoms with E-state index in [1.807, 2.05) is 19.9 Å². The fraction of sp³-hybridized carbons (Fsp3) is 0.500. The van der Waals surface area contributed by atoms with Crippen LogP contribution in [0.25, 0.3) is 0 Å². The molecule has 0 bridgehead atoms. The molecule has 24 heavy (non-hydrogen) atoms. The van der Waals surface area contributed by atoms with Gasteiger partial charge in [0.15, 0.2) is 0 Å². The smallest absolute Gasteiger partial charge is 0.255 e. The van der Waals surface area contributed by atoms with Crippen molar-refractivity contribution in [2.45, 2.75) is 46.6 Å². The molecule has 1 saturated heterocycles. The summed E-state index contributed by atoms with van der Waals surface area (Å²) in [6, 6.07) is 3.77. The predicted molar refractivity (Wildman–Crippen MR) is 92.2 cm³/mol. The SMILES string of the molecule is Cc1cc(N2CCCCC2)nc(CNC(=O)c2cc(C)oc2C)n1. The zero-order chi connectivity index (χ0) is 17.1. The maximum Gasteiger partial charge on any atom is 0.255 e. The maximum absolute atomic E-state index is 12.3. The monoisotopic (exact) mass is 328 g/mol. The molecule has 0 saturated carbocycles. The molecule has 128 valence electrons. The zero-order valence-corrected chi connectivity index (χ0v) is 14.6. The molecule has 0 radical (unpaired) electrons. The number of piperidine rings is 1. The summed E-state index contributed by atoms with van der Waals surface area (Å²) >= 11 is 0. The third-order valence-corrected chi connectivity index (χ3v) is 4.26. The molecule has 6 heteroatoms. The first-order chi connectivity index (χ1) is 11.5. The zero-order valence-electron chi connectivity index (χ0n) is 14.6. The highest BCUT2D eigenvalue weighted by molar-refractivity contribution is 5.95. The minimum absolute atomic E-state index is 0.158. The quantitative estimate of drug-likeness (QED) is 0.934. The van der Waals surface area contributed by atoms with Crippen molar-refractivity contribution in [2.75, 3.05) is 18.0 Å². The van der Waals surface area contributed by atoms with Crippen molar-refractivity contribution in [2.24, 2.45) is 0 Å². The van der Waals surface area contributed by atoms with Gasteiger partial charge in [0.1, 0.15) is 23.2 Å². The highest BCUT2D eigenvalue weighted by Crippen LogP contribution is 2.18. The Labute approximate surface area is 142 Å². The van der Waals surface area contributed by atoms with Gasteiger partial charge in [0.25, 0.3) is 5.91 Å². The molecule has 2 aromatic rings. The van der Waals surface area contributed by atoms with Crippen LogP contribution in [0.1, 0.15) is 52.7 Å². The number of aromatic nitrogens is 2. The van der Waals surface area contributed by atoms with Crippen LogP contribution in [-0.2, 0) is 6.54 Å². The van der Waals surface area contributed by atoms with Gasteiger partial charge in [-0.3, -0.25) is 4.79 Å². The number of anilines is 1. The van der Waals surface area contributed by atoms with Crippen LogP contribution in [0.2, 0.25) is 0 Å². The Hall–Kier alpha value is -2.37. The summed E-state index contributed by atoms with van der Waals surface area (Å²) in [7, 11) is 0. The Balaban J connectivity index is 1.69. The van der Waals surface area contributed by atoms with E-state index in [4.69, 9.17) is 4.42 Å². The molecule has 0 unspecified atom stereocenters. The fourth-order valence-electron chi connectivity index (χ4n) is 3.09. The van der Waals surface area contributed by atoms with Crippen molar-refractivity contribution < 1.29 is 9.21 Å². The lowest BCUT2D eigenvalue weighted by molar-refractivity contribution is 0.0948. The molecule has 2 aromatic heterocycles. The number of rotatable bonds is 4. The van der Waals surface area contributed by atoms with Crippen molar-refractivity contribution in [1.82, 2.24) is 15.3 Å². The molecule has 0 atom stereocenters. The van der Waals surface area contributed by atoms with E-state index in [0.29, 0.717) is 23.7 Å². The molecule has 3 rings (SSSR count). The third kappa shape index (κ3) is 3.75. The number of carbonyl (C=O) groups is 1. The van der Waals surface area contributed by atoms with Crippen LogP contribution in [0.5, 0.6) is 0 Å². The Bertz CT molecular complexity index is 733. The lowest BCUT2D eigenvalue weighted by Gasteiger charge is -2.28. The van der Waals surface area contributed by atoms with E-state index in [1.54, 1.807) is 13.0 Å². The summed E-state index contributed by atoms with van der Waals surface area (Å²) in [5.41, 5.74) is 1.49. The number of aryl methyl sites for hydroxylation is 3. The summed E-state index contributed by atoms with van der Waals surface area (Å²) in [5, 5.41) is 2.88. The summed E-state index contributed by atoms with van der Waals surface area (Å²) in [5.74, 6) is 2.80. The van der Waals surface area contributed by atoms with Crippen LogP contribution < -0.4 is 10.2 Å². The number of furan rings is 1. The molecule has 0 spiro atoms. The number of nitrogens with zero attached hydrogens (tertiary/aromatic N) is 3. The Morgan fingerprint density at radius 3 is 2.58 bits per heavy atom. The minimum atomic E-state index is -0.158. The largest absolute Gasteiger partial charge is 0.466 e. The highest BCUT2D eigenvalue weighted by Gasteiger charge is 2.16. The molecule has 0 aromatic carbocycles. The summed E-state index contributed by atoms with van der Waals surface area (Å²) in [6.07, 6.45) is 3.69. The molecule has 1 aliphatic heterocycles. The highest BCUT2D eigenvalue weighted by atomic mass is 16.3. The standard InChI is InChI=1S/C18H24N4O2/c1-12-9-17(22-7-5-4-6-8-22)21-16(20-12)11-19-18(23)15-10-13(2)24-14(15)3/h9-10H,4-8,11H2,1-3H3,(H,19,23). The number of nitrogens with one attached hydrogen (secondary N) is 1. The van der Waals surface area contributed by atoms with Gasteiger partial charge in [-0.25, -0.2) is 9.97 Å². The van der Waals surface area contributed by atoms with E-state index >= 15 is 0 Å². The van der Waals surface area contributed by atoms with Gasteiger partial charge in [-0.2, -0.15) is 0 Å². The van der Waals surface area contributed by atoms with Crippen molar-refractivity contribution in [3.05, 3.63) is 40.7 Å². The Morgan fingerprint density at radius 2 is 1.92 bits per heavy atom. The summed E-state index contributed by atoms with van der Waals surface area (Å²) < 4.78 is 5.41. The molecule has 6 nitrogen and oxygen atoms in total. The van der Waals surface area contributed by atoms with Gasteiger partial charge in [0, 0.05) is 24.8 Å². The average Bonchev–Trinajstić information content (AvgIpc) is 2.91. The van der Waals surface area contributed by atoms with Crippen LogP contribution in [-0.4, -0.2) is 29.0 Å². The lowest BCUT2D eigenvalue weighted by Crippen LogP contribution is -2.31. The number of amides is 1. The Morgan fingerprint density at radius 1 is 1.17 bits per heavy atom. The van der Waals surface area contributed by atoms with Gasteiger partial charge in [-0.1, -0.05) is 0 Å². The normalized spacial score (nSPS) is 14.7. The van der Waals surface area contributed by atoms with Gasteiger partial charge in [-0.15, -0.1) is 0 Å². The molecule has 1 aliphatic rings. The minimum Gasteiger partial charge on any atom is -0.466 e. The molecule has 1 amide bonds. The van der Waals surface area contributed by atoms with Gasteiger partial charge in [0.05, 0.1) is 12.1 Å². The van der Waals surface area contributed by atoms with Crippen LogP contribution in [0.15, 0.2) is 16.5 Å². The van der Waals surface area contributed by atoms with Crippen molar-refractivity contribution >= 4 is 11.7 Å². The topological polar surface area (TPSA) is 71.3 Å².